The topological polar surface area (TPSA) is 72.1 Å². The predicted octanol–water partition coefficient (Wildman–Crippen LogP) is 2.04. The Morgan fingerprint density at radius 1 is 1.39 bits per heavy atom. The van der Waals surface area contributed by atoms with Crippen molar-refractivity contribution < 1.29 is 9.32 Å². The van der Waals surface area contributed by atoms with Crippen molar-refractivity contribution in [3.8, 4) is 5.82 Å². The molecule has 0 aromatic carbocycles. The summed E-state index contributed by atoms with van der Waals surface area (Å²) in [5.74, 6) is 1.40. The maximum atomic E-state index is 12.5. The fourth-order valence-corrected chi connectivity index (χ4v) is 2.92. The van der Waals surface area contributed by atoms with Crippen LogP contribution in [0.3, 0.4) is 0 Å². The summed E-state index contributed by atoms with van der Waals surface area (Å²) < 4.78 is 7.08. The molecular weight excluding hydrogens is 292 g/mol. The molecule has 0 unspecified atom stereocenters. The molecule has 6 heteroatoms. The van der Waals surface area contributed by atoms with Crippen LogP contribution in [0.25, 0.3) is 5.82 Å². The molecule has 2 N–H and O–H groups in total. The molecule has 0 bridgehead atoms. The second-order valence-electron chi connectivity index (χ2n) is 5.92. The summed E-state index contributed by atoms with van der Waals surface area (Å²) in [6.45, 7) is 8.20. The molecule has 1 aliphatic rings. The van der Waals surface area contributed by atoms with E-state index in [-0.39, 0.29) is 5.91 Å². The van der Waals surface area contributed by atoms with E-state index in [1.54, 1.807) is 0 Å². The minimum Gasteiger partial charge on any atom is -0.360 e. The van der Waals surface area contributed by atoms with E-state index in [1.807, 2.05) is 37.5 Å². The van der Waals surface area contributed by atoms with E-state index in [4.69, 9.17) is 4.52 Å². The number of aromatic nitrogens is 2. The number of aryl methyl sites for hydroxylation is 2. The Morgan fingerprint density at radius 2 is 2.22 bits per heavy atom. The first-order valence-electron chi connectivity index (χ1n) is 7.85. The van der Waals surface area contributed by atoms with Gasteiger partial charge in [-0.2, -0.15) is 0 Å². The van der Waals surface area contributed by atoms with Gasteiger partial charge in [-0.15, -0.1) is 0 Å². The summed E-state index contributed by atoms with van der Waals surface area (Å²) >= 11 is 0. The van der Waals surface area contributed by atoms with Crippen molar-refractivity contribution in [2.24, 2.45) is 0 Å². The molecule has 0 saturated heterocycles. The van der Waals surface area contributed by atoms with Crippen LogP contribution in [-0.4, -0.2) is 35.3 Å². The van der Waals surface area contributed by atoms with Gasteiger partial charge in [-0.3, -0.25) is 9.36 Å². The first-order valence-corrected chi connectivity index (χ1v) is 7.85. The Balaban J connectivity index is 1.77. The monoisotopic (exact) mass is 314 g/mol. The molecule has 1 amide bonds. The highest BCUT2D eigenvalue weighted by Crippen LogP contribution is 2.20. The molecule has 122 valence electrons. The van der Waals surface area contributed by atoms with Gasteiger partial charge < -0.3 is 15.2 Å². The number of hydrogen-bond acceptors (Lipinski definition) is 4. The SMILES string of the molecule is Cc1cc(-n2c(C)cc(C(=O)NCC3=CCNCC3)c2C)no1. The third-order valence-corrected chi connectivity index (χ3v) is 4.15. The fourth-order valence-electron chi connectivity index (χ4n) is 2.92. The Hall–Kier alpha value is -2.34. The highest BCUT2D eigenvalue weighted by Gasteiger charge is 2.18. The zero-order valence-electron chi connectivity index (χ0n) is 13.8. The molecule has 0 radical (unpaired) electrons. The molecule has 23 heavy (non-hydrogen) atoms. The van der Waals surface area contributed by atoms with E-state index in [0.717, 1.165) is 36.7 Å². The number of hydrogen-bond donors (Lipinski definition) is 2. The smallest absolute Gasteiger partial charge is 0.253 e. The summed E-state index contributed by atoms with van der Waals surface area (Å²) in [5, 5.41) is 10.3. The third kappa shape index (κ3) is 3.22. The molecule has 0 aliphatic carbocycles. The van der Waals surface area contributed by atoms with E-state index >= 15 is 0 Å². The van der Waals surface area contributed by atoms with Crippen molar-refractivity contribution in [2.45, 2.75) is 27.2 Å². The Kier molecular flexibility index (Phi) is 4.34. The van der Waals surface area contributed by atoms with Crippen molar-refractivity contribution in [1.29, 1.82) is 0 Å². The van der Waals surface area contributed by atoms with Crippen molar-refractivity contribution >= 4 is 5.91 Å². The average molecular weight is 314 g/mol. The van der Waals surface area contributed by atoms with E-state index in [2.05, 4.69) is 21.9 Å². The lowest BCUT2D eigenvalue weighted by atomic mass is 10.1. The van der Waals surface area contributed by atoms with Crippen molar-refractivity contribution in [2.75, 3.05) is 19.6 Å². The lowest BCUT2D eigenvalue weighted by Gasteiger charge is -2.14. The second kappa shape index (κ2) is 6.42. The number of nitrogens with zero attached hydrogens (tertiary/aromatic N) is 2. The van der Waals surface area contributed by atoms with Gasteiger partial charge in [0.05, 0.1) is 5.56 Å². The van der Waals surface area contributed by atoms with Crippen LogP contribution in [0.4, 0.5) is 0 Å². The number of carbonyl (C=O) groups is 1. The number of amides is 1. The minimum atomic E-state index is -0.0519. The Morgan fingerprint density at radius 3 is 2.87 bits per heavy atom. The predicted molar refractivity (Wildman–Crippen MR) is 87.9 cm³/mol. The van der Waals surface area contributed by atoms with E-state index < -0.39 is 0 Å². The summed E-state index contributed by atoms with van der Waals surface area (Å²) in [6.07, 6.45) is 3.13. The minimum absolute atomic E-state index is 0.0519. The van der Waals surface area contributed by atoms with Crippen molar-refractivity contribution in [3.05, 3.63) is 46.5 Å². The lowest BCUT2D eigenvalue weighted by Crippen LogP contribution is -2.29. The first-order chi connectivity index (χ1) is 11.1. The van der Waals surface area contributed by atoms with Crippen LogP contribution in [-0.2, 0) is 0 Å². The highest BCUT2D eigenvalue weighted by atomic mass is 16.5. The van der Waals surface area contributed by atoms with Crippen LogP contribution >= 0.6 is 0 Å². The normalized spacial score (nSPS) is 14.7. The van der Waals surface area contributed by atoms with Gasteiger partial charge >= 0.3 is 0 Å². The maximum absolute atomic E-state index is 12.5. The molecule has 0 atom stereocenters. The van der Waals surface area contributed by atoms with Crippen LogP contribution < -0.4 is 10.6 Å². The largest absolute Gasteiger partial charge is 0.360 e. The van der Waals surface area contributed by atoms with Gasteiger partial charge in [0, 0.05) is 30.5 Å². The van der Waals surface area contributed by atoms with Gasteiger partial charge in [-0.25, -0.2) is 0 Å². The van der Waals surface area contributed by atoms with Gasteiger partial charge in [0.1, 0.15) is 5.76 Å². The van der Waals surface area contributed by atoms with Crippen molar-refractivity contribution in [3.63, 3.8) is 0 Å². The standard InChI is InChI=1S/C17H22N4O2/c1-11-8-15(13(3)21(11)16-9-12(2)23-20-16)17(22)19-10-14-4-6-18-7-5-14/h4,8-9,18H,5-7,10H2,1-3H3,(H,19,22). The zero-order valence-corrected chi connectivity index (χ0v) is 13.8. The van der Waals surface area contributed by atoms with E-state index in [1.165, 1.54) is 5.57 Å². The lowest BCUT2D eigenvalue weighted by molar-refractivity contribution is 0.0956. The molecular formula is C17H22N4O2. The van der Waals surface area contributed by atoms with Gasteiger partial charge in [0.15, 0.2) is 5.82 Å². The molecule has 0 fully saturated rings. The van der Waals surface area contributed by atoms with Crippen LogP contribution in [0, 0.1) is 20.8 Å². The molecule has 0 saturated carbocycles. The summed E-state index contributed by atoms with van der Waals surface area (Å²) in [7, 11) is 0. The molecule has 1 aliphatic heterocycles. The molecule has 3 heterocycles. The van der Waals surface area contributed by atoms with Gasteiger partial charge in [-0.1, -0.05) is 16.8 Å². The van der Waals surface area contributed by atoms with Crippen LogP contribution in [0.1, 0.15) is 33.9 Å². The van der Waals surface area contributed by atoms with E-state index in [9.17, 15) is 4.79 Å². The Labute approximate surface area is 135 Å². The van der Waals surface area contributed by atoms with Crippen LogP contribution in [0.15, 0.2) is 28.3 Å². The summed E-state index contributed by atoms with van der Waals surface area (Å²) in [6, 6.07) is 3.76. The number of rotatable bonds is 4. The average Bonchev–Trinajstić information content (AvgIpc) is 3.09. The van der Waals surface area contributed by atoms with Gasteiger partial charge in [0.2, 0.25) is 0 Å². The molecule has 3 rings (SSSR count). The van der Waals surface area contributed by atoms with Crippen molar-refractivity contribution in [1.82, 2.24) is 20.4 Å². The quantitative estimate of drug-likeness (QED) is 0.847. The highest BCUT2D eigenvalue weighted by molar-refractivity contribution is 5.96. The van der Waals surface area contributed by atoms with Gasteiger partial charge in [-0.05, 0) is 39.8 Å². The fraction of sp³-hybridized carbons (Fsp3) is 0.412. The third-order valence-electron chi connectivity index (χ3n) is 4.15. The van der Waals surface area contributed by atoms with Crippen LogP contribution in [0.5, 0.6) is 0 Å². The van der Waals surface area contributed by atoms with Crippen LogP contribution in [0.2, 0.25) is 0 Å². The molecule has 2 aromatic rings. The number of carbonyl (C=O) groups excluding carboxylic acids is 1. The summed E-state index contributed by atoms with van der Waals surface area (Å²) in [5.41, 5.74) is 3.78. The van der Waals surface area contributed by atoms with E-state index in [0.29, 0.717) is 17.9 Å². The molecule has 2 aromatic heterocycles. The molecule has 6 nitrogen and oxygen atoms in total. The van der Waals surface area contributed by atoms with Gasteiger partial charge in [0.25, 0.3) is 5.91 Å². The maximum Gasteiger partial charge on any atom is 0.253 e. The Bertz CT molecular complexity index is 755. The molecule has 0 spiro atoms. The number of nitrogens with one attached hydrogen (secondary N) is 2. The first kappa shape index (κ1) is 15.6. The summed E-state index contributed by atoms with van der Waals surface area (Å²) in [4.78, 5) is 12.5. The zero-order chi connectivity index (χ0) is 16.4. The second-order valence-corrected chi connectivity index (χ2v) is 5.92.